The summed E-state index contributed by atoms with van der Waals surface area (Å²) in [5.74, 6) is -0.937. The van der Waals surface area contributed by atoms with Gasteiger partial charge < -0.3 is 5.73 Å². The highest BCUT2D eigenvalue weighted by molar-refractivity contribution is 7.89. The van der Waals surface area contributed by atoms with Crippen LogP contribution in [0.1, 0.15) is 16.2 Å². The van der Waals surface area contributed by atoms with Gasteiger partial charge in [-0.2, -0.15) is 14.8 Å². The van der Waals surface area contributed by atoms with Crippen LogP contribution in [0.15, 0.2) is 58.5 Å². The van der Waals surface area contributed by atoms with E-state index in [4.69, 9.17) is 22.5 Å². The van der Waals surface area contributed by atoms with E-state index in [0.29, 0.717) is 10.7 Å². The van der Waals surface area contributed by atoms with Gasteiger partial charge in [-0.3, -0.25) is 4.79 Å². The third kappa shape index (κ3) is 4.52. The standard InChI is InChI=1S/C16H14ClN7O3S/c17-11-3-1-10(2-4-11)9-20-22-15(25)14-21-16(18)24(23-14)12-5-7-13(8-6-12)28(19,26)27/h1-9H,(H,22,25)(H2,18,21,23)(H2,19,26,27)/b20-9+. The largest absolute Gasteiger partial charge is 0.368 e. The van der Waals surface area contributed by atoms with E-state index < -0.39 is 15.9 Å². The molecule has 0 bridgehead atoms. The first-order valence-electron chi connectivity index (χ1n) is 7.69. The van der Waals surface area contributed by atoms with Crippen LogP contribution >= 0.6 is 11.6 Å². The zero-order valence-corrected chi connectivity index (χ0v) is 15.7. The molecule has 3 aromatic rings. The Bertz CT molecular complexity index is 1140. The maximum absolute atomic E-state index is 12.1. The Hall–Kier alpha value is -3.28. The fourth-order valence-electron chi connectivity index (χ4n) is 2.15. The second-order valence-electron chi connectivity index (χ2n) is 5.50. The highest BCUT2D eigenvalue weighted by atomic mass is 35.5. The summed E-state index contributed by atoms with van der Waals surface area (Å²) in [6, 6.07) is 12.3. The molecule has 0 aliphatic heterocycles. The average Bonchev–Trinajstić information content (AvgIpc) is 3.04. The maximum Gasteiger partial charge on any atom is 0.311 e. The van der Waals surface area contributed by atoms with Crippen LogP contribution in [0.3, 0.4) is 0 Å². The lowest BCUT2D eigenvalue weighted by atomic mass is 10.2. The van der Waals surface area contributed by atoms with Crippen LogP contribution in [0.25, 0.3) is 5.69 Å². The van der Waals surface area contributed by atoms with Gasteiger partial charge in [-0.25, -0.2) is 19.0 Å². The first kappa shape index (κ1) is 19.5. The van der Waals surface area contributed by atoms with Crippen molar-refractivity contribution in [1.82, 2.24) is 20.2 Å². The Morgan fingerprint density at radius 3 is 2.39 bits per heavy atom. The van der Waals surface area contributed by atoms with E-state index in [1.165, 1.54) is 35.2 Å². The second kappa shape index (κ2) is 7.76. The monoisotopic (exact) mass is 419 g/mol. The molecule has 0 saturated heterocycles. The van der Waals surface area contributed by atoms with Gasteiger partial charge in [-0.15, -0.1) is 5.10 Å². The van der Waals surface area contributed by atoms with E-state index in [9.17, 15) is 13.2 Å². The number of hydrogen-bond donors (Lipinski definition) is 3. The summed E-state index contributed by atoms with van der Waals surface area (Å²) in [4.78, 5) is 15.9. The Morgan fingerprint density at radius 1 is 1.14 bits per heavy atom. The summed E-state index contributed by atoms with van der Waals surface area (Å²) >= 11 is 5.79. The van der Waals surface area contributed by atoms with Gasteiger partial charge in [0.25, 0.3) is 0 Å². The topological polar surface area (TPSA) is 158 Å². The minimum absolute atomic E-state index is 0.0600. The van der Waals surface area contributed by atoms with Gasteiger partial charge in [-0.05, 0) is 42.0 Å². The molecule has 0 aliphatic carbocycles. The predicted molar refractivity (Wildman–Crippen MR) is 104 cm³/mol. The van der Waals surface area contributed by atoms with Crippen LogP contribution in [-0.2, 0) is 10.0 Å². The van der Waals surface area contributed by atoms with Crippen molar-refractivity contribution in [3.8, 4) is 5.69 Å². The Morgan fingerprint density at radius 2 is 1.79 bits per heavy atom. The third-order valence-corrected chi connectivity index (χ3v) is 4.68. The molecule has 0 saturated carbocycles. The lowest BCUT2D eigenvalue weighted by molar-refractivity contribution is 0.0945. The maximum atomic E-state index is 12.1. The smallest absolute Gasteiger partial charge is 0.311 e. The van der Waals surface area contributed by atoms with Crippen LogP contribution in [0.5, 0.6) is 0 Å². The lowest BCUT2D eigenvalue weighted by Gasteiger charge is -2.03. The Labute approximate surface area is 164 Å². The van der Waals surface area contributed by atoms with E-state index in [-0.39, 0.29) is 16.7 Å². The molecular formula is C16H14ClN7O3S. The summed E-state index contributed by atoms with van der Waals surface area (Å²) in [5.41, 5.74) is 9.21. The molecule has 0 atom stereocenters. The number of hydrazone groups is 1. The van der Waals surface area contributed by atoms with Crippen molar-refractivity contribution in [3.63, 3.8) is 0 Å². The van der Waals surface area contributed by atoms with E-state index in [1.54, 1.807) is 24.3 Å². The van der Waals surface area contributed by atoms with Gasteiger partial charge >= 0.3 is 5.91 Å². The number of halogens is 1. The van der Waals surface area contributed by atoms with Gasteiger partial charge in [0.15, 0.2) is 0 Å². The molecule has 1 heterocycles. The summed E-state index contributed by atoms with van der Waals surface area (Å²) in [6.07, 6.45) is 1.43. The number of hydrogen-bond acceptors (Lipinski definition) is 7. The Balaban J connectivity index is 1.74. The normalized spacial score (nSPS) is 11.6. The molecular weight excluding hydrogens is 406 g/mol. The van der Waals surface area contributed by atoms with E-state index in [0.717, 1.165) is 5.56 Å². The molecule has 1 aromatic heterocycles. The number of nitrogens with two attached hydrogens (primary N) is 2. The number of aromatic nitrogens is 3. The molecule has 28 heavy (non-hydrogen) atoms. The van der Waals surface area contributed by atoms with Crippen LogP contribution in [-0.4, -0.2) is 35.3 Å². The van der Waals surface area contributed by atoms with Gasteiger partial charge in [-0.1, -0.05) is 23.7 Å². The number of anilines is 1. The number of sulfonamides is 1. The van der Waals surface area contributed by atoms with E-state index >= 15 is 0 Å². The van der Waals surface area contributed by atoms with Crippen molar-refractivity contribution in [2.24, 2.45) is 10.2 Å². The predicted octanol–water partition coefficient (Wildman–Crippen LogP) is 0.914. The van der Waals surface area contributed by atoms with Crippen molar-refractivity contribution in [2.75, 3.05) is 5.73 Å². The highest BCUT2D eigenvalue weighted by Crippen LogP contribution is 2.15. The fraction of sp³-hybridized carbons (Fsp3) is 0. The molecule has 1 amide bonds. The van der Waals surface area contributed by atoms with Crippen LogP contribution in [0.2, 0.25) is 5.02 Å². The number of nitrogens with zero attached hydrogens (tertiary/aromatic N) is 4. The zero-order valence-electron chi connectivity index (χ0n) is 14.2. The number of carbonyl (C=O) groups excluding carboxylic acids is 1. The molecule has 0 spiro atoms. The van der Waals surface area contributed by atoms with Crippen molar-refractivity contribution in [2.45, 2.75) is 4.90 Å². The van der Waals surface area contributed by atoms with Gasteiger partial charge in [0.05, 0.1) is 16.8 Å². The third-order valence-electron chi connectivity index (χ3n) is 3.49. The molecule has 0 aliphatic rings. The van der Waals surface area contributed by atoms with Crippen LogP contribution < -0.4 is 16.3 Å². The van der Waals surface area contributed by atoms with Gasteiger partial charge in [0, 0.05) is 5.02 Å². The first-order valence-corrected chi connectivity index (χ1v) is 9.61. The second-order valence-corrected chi connectivity index (χ2v) is 7.49. The van der Waals surface area contributed by atoms with Crippen LogP contribution in [0.4, 0.5) is 5.95 Å². The van der Waals surface area contributed by atoms with E-state index in [1.807, 2.05) is 0 Å². The summed E-state index contributed by atoms with van der Waals surface area (Å²) in [7, 11) is -3.82. The highest BCUT2D eigenvalue weighted by Gasteiger charge is 2.16. The van der Waals surface area contributed by atoms with Crippen LogP contribution in [0, 0.1) is 0 Å². The van der Waals surface area contributed by atoms with Crippen molar-refractivity contribution in [1.29, 1.82) is 0 Å². The molecule has 0 unspecified atom stereocenters. The number of nitrogens with one attached hydrogen (secondary N) is 1. The molecule has 5 N–H and O–H groups in total. The van der Waals surface area contributed by atoms with Crippen molar-refractivity contribution in [3.05, 3.63) is 64.9 Å². The van der Waals surface area contributed by atoms with Crippen molar-refractivity contribution < 1.29 is 13.2 Å². The van der Waals surface area contributed by atoms with Crippen molar-refractivity contribution >= 4 is 39.7 Å². The number of primary sulfonamides is 1. The summed E-state index contributed by atoms with van der Waals surface area (Å²) < 4.78 is 23.8. The molecule has 0 fully saturated rings. The molecule has 3 rings (SSSR count). The molecule has 0 radical (unpaired) electrons. The summed E-state index contributed by atoms with van der Waals surface area (Å²) in [6.45, 7) is 0. The average molecular weight is 420 g/mol. The Kier molecular flexibility index (Phi) is 5.40. The number of carbonyl (C=O) groups is 1. The molecule has 12 heteroatoms. The number of benzene rings is 2. The number of rotatable bonds is 5. The SMILES string of the molecule is Nc1nc(C(=O)N/N=C/c2ccc(Cl)cc2)nn1-c1ccc(S(N)(=O)=O)cc1. The van der Waals surface area contributed by atoms with E-state index in [2.05, 4.69) is 20.6 Å². The fourth-order valence-corrected chi connectivity index (χ4v) is 2.79. The lowest BCUT2D eigenvalue weighted by Crippen LogP contribution is -2.19. The summed E-state index contributed by atoms with van der Waals surface area (Å²) in [5, 5.41) is 13.5. The first-order chi connectivity index (χ1) is 13.2. The quantitative estimate of drug-likeness (QED) is 0.411. The van der Waals surface area contributed by atoms with Gasteiger partial charge in [0.1, 0.15) is 0 Å². The number of amides is 1. The number of nitrogen functional groups attached to an aromatic ring is 1. The minimum atomic E-state index is -3.82. The van der Waals surface area contributed by atoms with Gasteiger partial charge in [0.2, 0.25) is 21.8 Å². The molecule has 2 aromatic carbocycles. The molecule has 10 nitrogen and oxygen atoms in total. The molecule has 144 valence electrons. The zero-order chi connectivity index (χ0) is 20.3. The minimum Gasteiger partial charge on any atom is -0.368 e.